The van der Waals surface area contributed by atoms with Crippen LogP contribution in [0.2, 0.25) is 0 Å². The van der Waals surface area contributed by atoms with Crippen LogP contribution in [0.15, 0.2) is 60.7 Å². The third-order valence-electron chi connectivity index (χ3n) is 7.98. The molecule has 0 unspecified atom stereocenters. The number of carbonyl (C=O) groups excluding carboxylic acids is 4. The fourth-order valence-electron chi connectivity index (χ4n) is 6.08. The number of hydrogen-bond acceptors (Lipinski definition) is 5. The molecule has 3 aromatic rings. The maximum absolute atomic E-state index is 13.0. The number of benzene rings is 3. The predicted molar refractivity (Wildman–Crippen MR) is 139 cm³/mol. The van der Waals surface area contributed by atoms with E-state index in [0.717, 1.165) is 42.1 Å². The number of nitrogens with zero attached hydrogens (tertiary/aromatic N) is 2. The second kappa shape index (κ2) is 9.14. The van der Waals surface area contributed by atoms with E-state index in [2.05, 4.69) is 0 Å². The van der Waals surface area contributed by atoms with Crippen molar-refractivity contribution in [2.24, 2.45) is 17.8 Å². The second-order valence-electron chi connectivity index (χ2n) is 10.3. The minimum Gasteiger partial charge on any atom is -0.426 e. The smallest absolute Gasteiger partial charge is 0.316 e. The van der Waals surface area contributed by atoms with Gasteiger partial charge in [0.05, 0.1) is 29.1 Å². The van der Waals surface area contributed by atoms with Gasteiger partial charge in [0.15, 0.2) is 0 Å². The van der Waals surface area contributed by atoms with E-state index in [0.29, 0.717) is 17.0 Å². The van der Waals surface area contributed by atoms with Gasteiger partial charge in [-0.1, -0.05) is 49.2 Å². The standard InChI is InChI=1S/C30H28N2O5/c1-18-15-21(13-14-25(18)32-28(34)23-10-4-5-11-24(23)29(32)35)37-30(36)20-16-27(33)31(17-20)26-12-6-8-19-7-2-3-9-22(19)26/h2-3,6-9,12-15,20,23-24H,4-5,10-11,16-17H2,1H3/t20-,23-,24-/m1/s1. The highest BCUT2D eigenvalue weighted by Crippen LogP contribution is 2.41. The molecule has 3 amide bonds. The number of carbonyl (C=O) groups is 4. The number of anilines is 2. The molecule has 3 atom stereocenters. The predicted octanol–water partition coefficient (Wildman–Crippen LogP) is 4.79. The Hall–Kier alpha value is -4.00. The van der Waals surface area contributed by atoms with E-state index in [-0.39, 0.29) is 42.5 Å². The lowest BCUT2D eigenvalue weighted by molar-refractivity contribution is -0.139. The minimum absolute atomic E-state index is 0.0820. The SMILES string of the molecule is Cc1cc(OC(=O)[C@@H]2CC(=O)N(c3cccc4ccccc34)C2)ccc1N1C(=O)[C@@H]2CCCC[C@H]2C1=O. The first-order valence-corrected chi connectivity index (χ1v) is 12.9. The Kier molecular flexibility index (Phi) is 5.78. The number of esters is 1. The molecular formula is C30H28N2O5. The summed E-state index contributed by atoms with van der Waals surface area (Å²) in [5.41, 5.74) is 2.02. The van der Waals surface area contributed by atoms with Crippen molar-refractivity contribution in [2.45, 2.75) is 39.0 Å². The Balaban J connectivity index is 1.17. The van der Waals surface area contributed by atoms with Crippen molar-refractivity contribution in [1.29, 1.82) is 0 Å². The quantitative estimate of drug-likeness (QED) is 0.295. The Morgan fingerprint density at radius 2 is 1.57 bits per heavy atom. The van der Waals surface area contributed by atoms with Gasteiger partial charge in [-0.3, -0.25) is 19.2 Å². The van der Waals surface area contributed by atoms with Crippen LogP contribution in [0.3, 0.4) is 0 Å². The van der Waals surface area contributed by atoms with E-state index in [1.165, 1.54) is 4.90 Å². The topological polar surface area (TPSA) is 84.0 Å². The molecule has 1 aliphatic carbocycles. The average Bonchev–Trinajstić information content (AvgIpc) is 3.41. The molecule has 7 nitrogen and oxygen atoms in total. The van der Waals surface area contributed by atoms with Crippen LogP contribution in [0.25, 0.3) is 10.8 Å². The molecule has 0 N–H and O–H groups in total. The number of ether oxygens (including phenoxy) is 1. The summed E-state index contributed by atoms with van der Waals surface area (Å²) in [5, 5.41) is 1.99. The molecule has 188 valence electrons. The Morgan fingerprint density at radius 1 is 0.865 bits per heavy atom. The molecule has 2 saturated heterocycles. The molecule has 3 aliphatic rings. The maximum Gasteiger partial charge on any atom is 0.316 e. The van der Waals surface area contributed by atoms with Gasteiger partial charge in [-0.05, 0) is 55.0 Å². The highest BCUT2D eigenvalue weighted by molar-refractivity contribution is 6.22. The maximum atomic E-state index is 13.0. The van der Waals surface area contributed by atoms with Gasteiger partial charge >= 0.3 is 5.97 Å². The zero-order chi connectivity index (χ0) is 25.7. The van der Waals surface area contributed by atoms with E-state index in [1.54, 1.807) is 30.0 Å². The van der Waals surface area contributed by atoms with Gasteiger partial charge in [0, 0.05) is 18.4 Å². The summed E-state index contributed by atoms with van der Waals surface area (Å²) in [6.07, 6.45) is 3.55. The van der Waals surface area contributed by atoms with E-state index in [1.807, 2.05) is 42.5 Å². The third-order valence-corrected chi connectivity index (χ3v) is 7.98. The molecule has 0 radical (unpaired) electrons. The molecule has 37 heavy (non-hydrogen) atoms. The Bertz CT molecular complexity index is 1420. The summed E-state index contributed by atoms with van der Waals surface area (Å²) in [5.74, 6) is -1.53. The first kappa shape index (κ1) is 23.4. The first-order chi connectivity index (χ1) is 17.9. The monoisotopic (exact) mass is 496 g/mol. The lowest BCUT2D eigenvalue weighted by Crippen LogP contribution is -2.31. The summed E-state index contributed by atoms with van der Waals surface area (Å²) in [7, 11) is 0. The van der Waals surface area contributed by atoms with Gasteiger partial charge in [0.25, 0.3) is 0 Å². The largest absolute Gasteiger partial charge is 0.426 e. The van der Waals surface area contributed by atoms with Gasteiger partial charge < -0.3 is 9.64 Å². The molecule has 0 spiro atoms. The fraction of sp³-hybridized carbons (Fsp3) is 0.333. The minimum atomic E-state index is -0.587. The van der Waals surface area contributed by atoms with Gasteiger partial charge in [-0.25, -0.2) is 4.90 Å². The highest BCUT2D eigenvalue weighted by atomic mass is 16.5. The number of imide groups is 1. The first-order valence-electron chi connectivity index (χ1n) is 12.9. The number of fused-ring (bicyclic) bond motifs is 2. The molecule has 1 saturated carbocycles. The van der Waals surface area contributed by atoms with Crippen molar-refractivity contribution in [3.8, 4) is 5.75 Å². The lowest BCUT2D eigenvalue weighted by Gasteiger charge is -2.19. The molecule has 2 aliphatic heterocycles. The van der Waals surface area contributed by atoms with Crippen LogP contribution in [0.5, 0.6) is 5.75 Å². The Morgan fingerprint density at radius 3 is 2.30 bits per heavy atom. The van der Waals surface area contributed by atoms with Gasteiger partial charge in [-0.2, -0.15) is 0 Å². The van der Waals surface area contributed by atoms with E-state index in [9.17, 15) is 19.2 Å². The molecule has 3 fully saturated rings. The highest BCUT2D eigenvalue weighted by Gasteiger charge is 2.49. The molecule has 3 aromatic carbocycles. The summed E-state index contributed by atoms with van der Waals surface area (Å²) in [6, 6.07) is 18.6. The van der Waals surface area contributed by atoms with Crippen LogP contribution in [0, 0.1) is 24.7 Å². The lowest BCUT2D eigenvalue weighted by atomic mass is 9.81. The Labute approximate surface area is 215 Å². The molecule has 7 heteroatoms. The van der Waals surface area contributed by atoms with E-state index < -0.39 is 11.9 Å². The van der Waals surface area contributed by atoms with Crippen molar-refractivity contribution in [3.63, 3.8) is 0 Å². The summed E-state index contributed by atoms with van der Waals surface area (Å²) in [4.78, 5) is 54.8. The number of amides is 3. The van der Waals surface area contributed by atoms with Crippen LogP contribution in [0.4, 0.5) is 11.4 Å². The fourth-order valence-corrected chi connectivity index (χ4v) is 6.08. The van der Waals surface area contributed by atoms with Gasteiger partial charge in [0.2, 0.25) is 17.7 Å². The van der Waals surface area contributed by atoms with Crippen LogP contribution < -0.4 is 14.5 Å². The van der Waals surface area contributed by atoms with E-state index >= 15 is 0 Å². The molecule has 0 aromatic heterocycles. The van der Waals surface area contributed by atoms with Crippen LogP contribution in [-0.4, -0.2) is 30.2 Å². The number of rotatable bonds is 4. The number of aryl methyl sites for hydroxylation is 1. The van der Waals surface area contributed by atoms with E-state index in [4.69, 9.17) is 4.74 Å². The molecule has 0 bridgehead atoms. The number of hydrogen-bond donors (Lipinski definition) is 0. The van der Waals surface area contributed by atoms with Crippen LogP contribution in [-0.2, 0) is 19.2 Å². The zero-order valence-corrected chi connectivity index (χ0v) is 20.7. The molecule has 6 rings (SSSR count). The van der Waals surface area contributed by atoms with Gasteiger partial charge in [-0.15, -0.1) is 0 Å². The van der Waals surface area contributed by atoms with Crippen molar-refractivity contribution >= 4 is 45.8 Å². The summed E-state index contributed by atoms with van der Waals surface area (Å²) < 4.78 is 5.66. The third kappa shape index (κ3) is 3.99. The zero-order valence-electron chi connectivity index (χ0n) is 20.7. The van der Waals surface area contributed by atoms with Crippen molar-refractivity contribution in [2.75, 3.05) is 16.3 Å². The normalized spacial score (nSPS) is 23.6. The second-order valence-corrected chi connectivity index (χ2v) is 10.3. The van der Waals surface area contributed by atoms with Crippen molar-refractivity contribution in [3.05, 3.63) is 66.2 Å². The van der Waals surface area contributed by atoms with Crippen LogP contribution in [0.1, 0.15) is 37.7 Å². The van der Waals surface area contributed by atoms with Gasteiger partial charge in [0.1, 0.15) is 5.75 Å². The molecule has 2 heterocycles. The van der Waals surface area contributed by atoms with Crippen LogP contribution >= 0.6 is 0 Å². The molecular weight excluding hydrogens is 468 g/mol. The van der Waals surface area contributed by atoms with Crippen molar-refractivity contribution in [1.82, 2.24) is 0 Å². The average molecular weight is 497 g/mol. The summed E-state index contributed by atoms with van der Waals surface area (Å²) >= 11 is 0. The van der Waals surface area contributed by atoms with Crippen molar-refractivity contribution < 1.29 is 23.9 Å². The summed E-state index contributed by atoms with van der Waals surface area (Å²) in [6.45, 7) is 2.05.